The maximum Gasteiger partial charge on any atom is 0.0648 e. The van der Waals surface area contributed by atoms with E-state index in [2.05, 4.69) is 37.9 Å². The standard InChI is InChI=1S/C15H30N2O/c1-5-6-13-10-17(14(9-16-13)12(2)3)15(4)7-8-18-11-15/h12-14,16H,5-11H2,1-4H3. The highest BCUT2D eigenvalue weighted by molar-refractivity contribution is 4.99. The number of nitrogens with zero attached hydrogens (tertiary/aromatic N) is 1. The number of ether oxygens (including phenoxy) is 1. The fourth-order valence-corrected chi connectivity index (χ4v) is 3.48. The van der Waals surface area contributed by atoms with Crippen molar-refractivity contribution in [2.24, 2.45) is 5.92 Å². The summed E-state index contributed by atoms with van der Waals surface area (Å²) in [7, 11) is 0. The maximum absolute atomic E-state index is 5.67. The summed E-state index contributed by atoms with van der Waals surface area (Å²) in [5.41, 5.74) is 0.267. The predicted molar refractivity (Wildman–Crippen MR) is 75.9 cm³/mol. The molecular weight excluding hydrogens is 224 g/mol. The lowest BCUT2D eigenvalue weighted by atomic mass is 9.89. The fourth-order valence-electron chi connectivity index (χ4n) is 3.48. The van der Waals surface area contributed by atoms with Crippen molar-refractivity contribution in [1.82, 2.24) is 10.2 Å². The van der Waals surface area contributed by atoms with Crippen molar-refractivity contribution >= 4 is 0 Å². The molecule has 0 saturated carbocycles. The van der Waals surface area contributed by atoms with E-state index in [-0.39, 0.29) is 5.54 Å². The highest BCUT2D eigenvalue weighted by Crippen LogP contribution is 2.32. The molecule has 2 aliphatic rings. The van der Waals surface area contributed by atoms with Crippen LogP contribution in [0, 0.1) is 5.92 Å². The molecule has 1 N–H and O–H groups in total. The number of hydrogen-bond donors (Lipinski definition) is 1. The van der Waals surface area contributed by atoms with E-state index in [1.54, 1.807) is 0 Å². The summed E-state index contributed by atoms with van der Waals surface area (Å²) in [5, 5.41) is 3.74. The molecule has 2 saturated heterocycles. The van der Waals surface area contributed by atoms with Gasteiger partial charge in [0.1, 0.15) is 0 Å². The molecule has 3 heteroatoms. The summed E-state index contributed by atoms with van der Waals surface area (Å²) < 4.78 is 5.67. The van der Waals surface area contributed by atoms with Crippen LogP contribution in [0.2, 0.25) is 0 Å². The third kappa shape index (κ3) is 2.89. The molecule has 0 spiro atoms. The van der Waals surface area contributed by atoms with Crippen molar-refractivity contribution in [3.63, 3.8) is 0 Å². The molecule has 3 unspecified atom stereocenters. The Balaban J connectivity index is 2.09. The second-order valence-corrected chi connectivity index (χ2v) is 6.66. The Morgan fingerprint density at radius 1 is 1.44 bits per heavy atom. The molecule has 0 bridgehead atoms. The van der Waals surface area contributed by atoms with Gasteiger partial charge in [-0.3, -0.25) is 4.90 Å². The van der Waals surface area contributed by atoms with Crippen molar-refractivity contribution in [3.05, 3.63) is 0 Å². The molecule has 3 atom stereocenters. The van der Waals surface area contributed by atoms with Crippen molar-refractivity contribution in [3.8, 4) is 0 Å². The molecule has 0 aromatic rings. The molecule has 18 heavy (non-hydrogen) atoms. The molecule has 2 aliphatic heterocycles. The van der Waals surface area contributed by atoms with Crippen LogP contribution in [-0.2, 0) is 4.74 Å². The van der Waals surface area contributed by atoms with E-state index in [1.165, 1.54) is 25.8 Å². The highest BCUT2D eigenvalue weighted by atomic mass is 16.5. The Kier molecular flexibility index (Phi) is 4.68. The van der Waals surface area contributed by atoms with Gasteiger partial charge in [-0.1, -0.05) is 27.2 Å². The van der Waals surface area contributed by atoms with Crippen LogP contribution in [0.25, 0.3) is 0 Å². The largest absolute Gasteiger partial charge is 0.379 e. The van der Waals surface area contributed by atoms with Crippen molar-refractivity contribution < 1.29 is 4.74 Å². The SMILES string of the molecule is CCCC1CN(C2(C)CCOC2)C(C(C)C)CN1. The normalized spacial score (nSPS) is 38.5. The van der Waals surface area contributed by atoms with Crippen LogP contribution in [-0.4, -0.2) is 48.8 Å². The van der Waals surface area contributed by atoms with E-state index in [0.29, 0.717) is 18.0 Å². The molecule has 0 aromatic heterocycles. The molecule has 106 valence electrons. The van der Waals surface area contributed by atoms with Gasteiger partial charge in [0.05, 0.1) is 6.61 Å². The molecule has 2 heterocycles. The molecule has 0 aliphatic carbocycles. The first-order chi connectivity index (χ1) is 8.57. The highest BCUT2D eigenvalue weighted by Gasteiger charge is 2.43. The molecule has 0 radical (unpaired) electrons. The smallest absolute Gasteiger partial charge is 0.0648 e. The molecule has 2 rings (SSSR count). The minimum absolute atomic E-state index is 0.267. The summed E-state index contributed by atoms with van der Waals surface area (Å²) in [4.78, 5) is 2.75. The van der Waals surface area contributed by atoms with E-state index in [9.17, 15) is 0 Å². The van der Waals surface area contributed by atoms with Gasteiger partial charge in [-0.15, -0.1) is 0 Å². The maximum atomic E-state index is 5.67. The summed E-state index contributed by atoms with van der Waals surface area (Å²) in [6.07, 6.45) is 3.75. The van der Waals surface area contributed by atoms with Crippen LogP contribution in [0.3, 0.4) is 0 Å². The number of piperazine rings is 1. The Morgan fingerprint density at radius 3 is 2.78 bits per heavy atom. The van der Waals surface area contributed by atoms with Gasteiger partial charge in [-0.25, -0.2) is 0 Å². The van der Waals surface area contributed by atoms with E-state index in [1.807, 2.05) is 0 Å². The van der Waals surface area contributed by atoms with Crippen LogP contribution < -0.4 is 5.32 Å². The average Bonchev–Trinajstić information content (AvgIpc) is 2.77. The monoisotopic (exact) mass is 254 g/mol. The first kappa shape index (κ1) is 14.3. The lowest BCUT2D eigenvalue weighted by Crippen LogP contribution is -2.65. The molecule has 2 fully saturated rings. The third-order valence-corrected chi connectivity index (χ3v) is 4.73. The average molecular weight is 254 g/mol. The minimum Gasteiger partial charge on any atom is -0.379 e. The van der Waals surface area contributed by atoms with Crippen LogP contribution in [0.15, 0.2) is 0 Å². The Morgan fingerprint density at radius 2 is 2.22 bits per heavy atom. The number of rotatable bonds is 4. The second kappa shape index (κ2) is 5.89. The van der Waals surface area contributed by atoms with Crippen LogP contribution in [0.1, 0.15) is 47.0 Å². The van der Waals surface area contributed by atoms with E-state index in [4.69, 9.17) is 4.74 Å². The Bertz CT molecular complexity index is 261. The van der Waals surface area contributed by atoms with Crippen LogP contribution in [0.5, 0.6) is 0 Å². The summed E-state index contributed by atoms with van der Waals surface area (Å²) in [5.74, 6) is 0.706. The molecule has 0 amide bonds. The van der Waals surface area contributed by atoms with Crippen LogP contribution >= 0.6 is 0 Å². The van der Waals surface area contributed by atoms with E-state index in [0.717, 1.165) is 19.8 Å². The number of hydrogen-bond acceptors (Lipinski definition) is 3. The quantitative estimate of drug-likeness (QED) is 0.833. The van der Waals surface area contributed by atoms with Gasteiger partial charge < -0.3 is 10.1 Å². The fraction of sp³-hybridized carbons (Fsp3) is 1.00. The zero-order chi connectivity index (χ0) is 13.2. The van der Waals surface area contributed by atoms with Gasteiger partial charge in [0, 0.05) is 37.3 Å². The van der Waals surface area contributed by atoms with E-state index < -0.39 is 0 Å². The third-order valence-electron chi connectivity index (χ3n) is 4.73. The van der Waals surface area contributed by atoms with Gasteiger partial charge >= 0.3 is 0 Å². The lowest BCUT2D eigenvalue weighted by molar-refractivity contribution is -0.00623. The topological polar surface area (TPSA) is 24.5 Å². The zero-order valence-electron chi connectivity index (χ0n) is 12.5. The minimum atomic E-state index is 0.267. The summed E-state index contributed by atoms with van der Waals surface area (Å²) in [6, 6.07) is 1.33. The van der Waals surface area contributed by atoms with Gasteiger partial charge in [0.15, 0.2) is 0 Å². The van der Waals surface area contributed by atoms with Gasteiger partial charge in [-0.05, 0) is 25.7 Å². The lowest BCUT2D eigenvalue weighted by Gasteiger charge is -2.50. The molecular formula is C15H30N2O. The van der Waals surface area contributed by atoms with Crippen molar-refractivity contribution in [2.75, 3.05) is 26.3 Å². The Hall–Kier alpha value is -0.120. The summed E-state index contributed by atoms with van der Waals surface area (Å²) >= 11 is 0. The molecule has 3 nitrogen and oxygen atoms in total. The zero-order valence-corrected chi connectivity index (χ0v) is 12.5. The van der Waals surface area contributed by atoms with E-state index >= 15 is 0 Å². The number of nitrogens with one attached hydrogen (secondary N) is 1. The van der Waals surface area contributed by atoms with Crippen molar-refractivity contribution in [2.45, 2.75) is 64.6 Å². The second-order valence-electron chi connectivity index (χ2n) is 6.66. The van der Waals surface area contributed by atoms with Crippen LogP contribution in [0.4, 0.5) is 0 Å². The first-order valence-corrected chi connectivity index (χ1v) is 7.64. The summed E-state index contributed by atoms with van der Waals surface area (Å²) in [6.45, 7) is 13.5. The first-order valence-electron chi connectivity index (χ1n) is 7.64. The van der Waals surface area contributed by atoms with Gasteiger partial charge in [-0.2, -0.15) is 0 Å². The van der Waals surface area contributed by atoms with Crippen molar-refractivity contribution in [1.29, 1.82) is 0 Å². The predicted octanol–water partition coefficient (Wildman–Crippen LogP) is 2.26. The Labute approximate surface area is 112 Å². The molecule has 0 aromatic carbocycles. The van der Waals surface area contributed by atoms with Gasteiger partial charge in [0.2, 0.25) is 0 Å². The van der Waals surface area contributed by atoms with Gasteiger partial charge in [0.25, 0.3) is 0 Å².